The highest BCUT2D eigenvalue weighted by Crippen LogP contribution is 2.34. The fourth-order valence-electron chi connectivity index (χ4n) is 2.20. The lowest BCUT2D eigenvalue weighted by atomic mass is 9.78. The molecule has 2 aromatic carbocycles. The minimum atomic E-state index is -0.317. The Morgan fingerprint density at radius 1 is 1.00 bits per heavy atom. The molecule has 0 aliphatic carbocycles. The SMILES string of the molecule is Cc1cc(C(C)(C)c2ccccc2)ccc1OP=O. The van der Waals surface area contributed by atoms with Crippen molar-refractivity contribution in [3.8, 4) is 5.75 Å². The molecule has 2 nitrogen and oxygen atoms in total. The van der Waals surface area contributed by atoms with Crippen LogP contribution in [0.3, 0.4) is 0 Å². The van der Waals surface area contributed by atoms with Crippen molar-refractivity contribution in [2.75, 3.05) is 0 Å². The number of rotatable bonds is 4. The molecule has 0 atom stereocenters. The maximum absolute atomic E-state index is 10.5. The van der Waals surface area contributed by atoms with Gasteiger partial charge in [0.1, 0.15) is 5.75 Å². The normalized spacial score (nSPS) is 11.5. The standard InChI is InChI=1S/C16H17O2P/c1-12-11-14(9-10-15(12)18-19-17)16(2,3)13-7-5-4-6-8-13/h4-11H,1-3H3. The predicted octanol–water partition coefficient (Wildman–Crippen LogP) is 4.91. The van der Waals surface area contributed by atoms with Gasteiger partial charge in [0, 0.05) is 5.41 Å². The molecule has 3 heteroatoms. The second-order valence-corrected chi connectivity index (χ2v) is 5.47. The van der Waals surface area contributed by atoms with E-state index in [0.717, 1.165) is 5.56 Å². The van der Waals surface area contributed by atoms with Crippen LogP contribution in [0.2, 0.25) is 0 Å². The average Bonchev–Trinajstić information content (AvgIpc) is 2.42. The summed E-state index contributed by atoms with van der Waals surface area (Å²) in [5, 5.41) is 0. The maximum atomic E-state index is 10.5. The molecule has 0 aliphatic heterocycles. The van der Waals surface area contributed by atoms with E-state index in [1.54, 1.807) is 0 Å². The van der Waals surface area contributed by atoms with Crippen molar-refractivity contribution >= 4 is 8.69 Å². The maximum Gasteiger partial charge on any atom is 0.395 e. The Morgan fingerprint density at radius 2 is 1.68 bits per heavy atom. The average molecular weight is 272 g/mol. The van der Waals surface area contributed by atoms with Crippen LogP contribution in [0.1, 0.15) is 30.5 Å². The van der Waals surface area contributed by atoms with Crippen LogP contribution in [0, 0.1) is 6.92 Å². The highest BCUT2D eigenvalue weighted by Gasteiger charge is 2.23. The van der Waals surface area contributed by atoms with Gasteiger partial charge in [-0.25, -0.2) is 4.57 Å². The zero-order valence-electron chi connectivity index (χ0n) is 11.4. The number of hydrogen-bond acceptors (Lipinski definition) is 2. The van der Waals surface area contributed by atoms with Gasteiger partial charge >= 0.3 is 8.69 Å². The lowest BCUT2D eigenvalue weighted by Crippen LogP contribution is -2.18. The molecule has 0 unspecified atom stereocenters. The van der Waals surface area contributed by atoms with E-state index in [2.05, 4.69) is 44.2 Å². The molecule has 0 N–H and O–H groups in total. The van der Waals surface area contributed by atoms with Gasteiger partial charge in [-0.2, -0.15) is 0 Å². The lowest BCUT2D eigenvalue weighted by molar-refractivity contribution is 0.522. The third-order valence-electron chi connectivity index (χ3n) is 3.53. The molecule has 0 spiro atoms. The summed E-state index contributed by atoms with van der Waals surface area (Å²) in [5.41, 5.74) is 3.40. The first-order valence-electron chi connectivity index (χ1n) is 6.22. The third-order valence-corrected chi connectivity index (χ3v) is 3.80. The first-order valence-corrected chi connectivity index (χ1v) is 6.95. The summed E-state index contributed by atoms with van der Waals surface area (Å²) < 4.78 is 15.5. The summed E-state index contributed by atoms with van der Waals surface area (Å²) >= 11 is 0. The summed E-state index contributed by atoms with van der Waals surface area (Å²) in [6.07, 6.45) is 0. The Bertz CT molecular complexity index is 577. The monoisotopic (exact) mass is 272 g/mol. The predicted molar refractivity (Wildman–Crippen MR) is 78.0 cm³/mol. The van der Waals surface area contributed by atoms with E-state index in [1.165, 1.54) is 11.1 Å². The number of benzene rings is 2. The second kappa shape index (κ2) is 5.54. The molecular weight excluding hydrogens is 255 g/mol. The molecule has 98 valence electrons. The van der Waals surface area contributed by atoms with Crippen LogP contribution in [0.4, 0.5) is 0 Å². The van der Waals surface area contributed by atoms with Crippen LogP contribution in [0.5, 0.6) is 5.75 Å². The molecule has 0 aromatic heterocycles. The van der Waals surface area contributed by atoms with E-state index < -0.39 is 0 Å². The summed E-state index contributed by atoms with van der Waals surface area (Å²) in [4.78, 5) is 0. The molecule has 0 fully saturated rings. The van der Waals surface area contributed by atoms with Gasteiger partial charge in [-0.3, -0.25) is 0 Å². The molecule has 2 rings (SSSR count). The van der Waals surface area contributed by atoms with Crippen LogP contribution in [0.15, 0.2) is 48.5 Å². The minimum Gasteiger partial charge on any atom is -0.407 e. The lowest BCUT2D eigenvalue weighted by Gasteiger charge is -2.26. The first-order chi connectivity index (χ1) is 9.05. The molecule has 0 heterocycles. The van der Waals surface area contributed by atoms with Crippen LogP contribution >= 0.6 is 8.69 Å². The fourth-order valence-corrected chi connectivity index (χ4v) is 2.49. The van der Waals surface area contributed by atoms with Gasteiger partial charge in [0.05, 0.1) is 0 Å². The summed E-state index contributed by atoms with van der Waals surface area (Å²) in [7, 11) is -0.317. The third kappa shape index (κ3) is 2.85. The van der Waals surface area contributed by atoms with Crippen molar-refractivity contribution in [2.45, 2.75) is 26.2 Å². The zero-order valence-corrected chi connectivity index (χ0v) is 12.3. The van der Waals surface area contributed by atoms with Gasteiger partial charge in [-0.05, 0) is 29.7 Å². The van der Waals surface area contributed by atoms with Crippen LogP contribution in [0.25, 0.3) is 0 Å². The van der Waals surface area contributed by atoms with Gasteiger partial charge in [0.2, 0.25) is 0 Å². The fraction of sp³-hybridized carbons (Fsp3) is 0.250. The number of aryl methyl sites for hydroxylation is 1. The van der Waals surface area contributed by atoms with Crippen LogP contribution < -0.4 is 4.52 Å². The minimum absolute atomic E-state index is 0.0697. The van der Waals surface area contributed by atoms with Crippen LogP contribution in [-0.4, -0.2) is 0 Å². The second-order valence-electron chi connectivity index (χ2n) is 5.14. The largest absolute Gasteiger partial charge is 0.407 e. The van der Waals surface area contributed by atoms with Crippen LogP contribution in [-0.2, 0) is 9.98 Å². The van der Waals surface area contributed by atoms with Crippen molar-refractivity contribution in [3.63, 3.8) is 0 Å². The topological polar surface area (TPSA) is 26.3 Å². The van der Waals surface area contributed by atoms with Crippen molar-refractivity contribution in [3.05, 3.63) is 65.2 Å². The Morgan fingerprint density at radius 3 is 2.26 bits per heavy atom. The molecule has 0 saturated carbocycles. The molecule has 0 radical (unpaired) electrons. The molecule has 0 aliphatic rings. The van der Waals surface area contributed by atoms with E-state index in [9.17, 15) is 4.57 Å². The van der Waals surface area contributed by atoms with E-state index in [0.29, 0.717) is 5.75 Å². The van der Waals surface area contributed by atoms with E-state index in [1.807, 2.05) is 25.1 Å². The van der Waals surface area contributed by atoms with Crippen molar-refractivity contribution in [1.82, 2.24) is 0 Å². The summed E-state index contributed by atoms with van der Waals surface area (Å²) in [6, 6.07) is 16.4. The summed E-state index contributed by atoms with van der Waals surface area (Å²) in [5.74, 6) is 0.657. The highest BCUT2D eigenvalue weighted by atomic mass is 31.1. The smallest absolute Gasteiger partial charge is 0.395 e. The van der Waals surface area contributed by atoms with E-state index in [-0.39, 0.29) is 14.1 Å². The summed E-state index contributed by atoms with van der Waals surface area (Å²) in [6.45, 7) is 6.36. The Labute approximate surface area is 115 Å². The Hall–Kier alpha value is -1.66. The Kier molecular flexibility index (Phi) is 4.01. The Balaban J connectivity index is 2.41. The number of hydrogen-bond donors (Lipinski definition) is 0. The molecule has 0 saturated heterocycles. The van der Waals surface area contributed by atoms with E-state index in [4.69, 9.17) is 4.52 Å². The highest BCUT2D eigenvalue weighted by molar-refractivity contribution is 7.17. The van der Waals surface area contributed by atoms with Gasteiger partial charge in [0.15, 0.2) is 0 Å². The van der Waals surface area contributed by atoms with Gasteiger partial charge in [-0.15, -0.1) is 0 Å². The van der Waals surface area contributed by atoms with Crippen molar-refractivity contribution in [1.29, 1.82) is 0 Å². The van der Waals surface area contributed by atoms with Gasteiger partial charge < -0.3 is 4.52 Å². The molecular formula is C16H17O2P. The molecule has 0 amide bonds. The quantitative estimate of drug-likeness (QED) is 0.739. The molecule has 19 heavy (non-hydrogen) atoms. The van der Waals surface area contributed by atoms with Gasteiger partial charge in [-0.1, -0.05) is 56.3 Å². The van der Waals surface area contributed by atoms with Crippen molar-refractivity contribution in [2.24, 2.45) is 0 Å². The van der Waals surface area contributed by atoms with E-state index >= 15 is 0 Å². The zero-order chi connectivity index (χ0) is 13.9. The molecule has 2 aromatic rings. The first kappa shape index (κ1) is 13.8. The molecule has 0 bridgehead atoms. The van der Waals surface area contributed by atoms with Crippen molar-refractivity contribution < 1.29 is 9.09 Å². The van der Waals surface area contributed by atoms with Gasteiger partial charge in [0.25, 0.3) is 0 Å².